The summed E-state index contributed by atoms with van der Waals surface area (Å²) in [5, 5.41) is 4.59. The van der Waals surface area contributed by atoms with E-state index in [2.05, 4.69) is 71.6 Å². The van der Waals surface area contributed by atoms with E-state index in [0.29, 0.717) is 6.54 Å². The summed E-state index contributed by atoms with van der Waals surface area (Å²) in [6.45, 7) is 8.91. The van der Waals surface area contributed by atoms with Crippen LogP contribution in [-0.2, 0) is 11.2 Å². The van der Waals surface area contributed by atoms with E-state index in [1.807, 2.05) is 11.0 Å². The Labute approximate surface area is 172 Å². The quantitative estimate of drug-likeness (QED) is 0.635. The van der Waals surface area contributed by atoms with Crippen molar-refractivity contribution in [3.8, 4) is 0 Å². The fraction of sp³-hybridized carbons (Fsp3) is 0.375. The van der Waals surface area contributed by atoms with Crippen molar-refractivity contribution >= 4 is 22.5 Å². The van der Waals surface area contributed by atoms with Crippen LogP contribution in [-0.4, -0.2) is 55.1 Å². The SMILES string of the molecule is Cc1cccc(N2CCN(C(=O)CNCCc3c[nH]c4ccccc34)CC2)c1C. The van der Waals surface area contributed by atoms with Crippen LogP contribution in [0.1, 0.15) is 16.7 Å². The molecule has 0 spiro atoms. The number of rotatable bonds is 6. The van der Waals surface area contributed by atoms with E-state index in [1.54, 1.807) is 0 Å². The van der Waals surface area contributed by atoms with Gasteiger partial charge in [0.05, 0.1) is 6.54 Å². The number of aryl methyl sites for hydroxylation is 1. The number of carbonyl (C=O) groups is 1. The number of hydrogen-bond donors (Lipinski definition) is 2. The number of piperazine rings is 1. The number of aromatic nitrogens is 1. The average Bonchev–Trinajstić information content (AvgIpc) is 3.16. The fourth-order valence-corrected chi connectivity index (χ4v) is 4.14. The topological polar surface area (TPSA) is 51.4 Å². The molecule has 5 nitrogen and oxygen atoms in total. The second kappa shape index (κ2) is 8.70. The van der Waals surface area contributed by atoms with Gasteiger partial charge in [-0.3, -0.25) is 4.79 Å². The van der Waals surface area contributed by atoms with Crippen molar-refractivity contribution in [2.45, 2.75) is 20.3 Å². The van der Waals surface area contributed by atoms with E-state index < -0.39 is 0 Å². The van der Waals surface area contributed by atoms with Gasteiger partial charge in [-0.1, -0.05) is 30.3 Å². The molecule has 1 saturated heterocycles. The zero-order valence-corrected chi connectivity index (χ0v) is 17.4. The van der Waals surface area contributed by atoms with Crippen LogP contribution < -0.4 is 10.2 Å². The molecule has 5 heteroatoms. The van der Waals surface area contributed by atoms with Gasteiger partial charge in [0, 0.05) is 49.0 Å². The second-order valence-corrected chi connectivity index (χ2v) is 7.87. The highest BCUT2D eigenvalue weighted by molar-refractivity contribution is 5.83. The number of aromatic amines is 1. The van der Waals surface area contributed by atoms with E-state index >= 15 is 0 Å². The van der Waals surface area contributed by atoms with E-state index in [1.165, 1.54) is 33.3 Å². The molecule has 0 radical (unpaired) electrons. The summed E-state index contributed by atoms with van der Waals surface area (Å²) in [6.07, 6.45) is 2.98. The van der Waals surface area contributed by atoms with Gasteiger partial charge in [0.1, 0.15) is 0 Å². The van der Waals surface area contributed by atoms with Gasteiger partial charge in [-0.25, -0.2) is 0 Å². The molecule has 2 aromatic carbocycles. The maximum Gasteiger partial charge on any atom is 0.236 e. The summed E-state index contributed by atoms with van der Waals surface area (Å²) in [6, 6.07) is 14.8. The van der Waals surface area contributed by atoms with Crippen LogP contribution >= 0.6 is 0 Å². The van der Waals surface area contributed by atoms with Gasteiger partial charge < -0.3 is 20.1 Å². The summed E-state index contributed by atoms with van der Waals surface area (Å²) in [4.78, 5) is 20.3. The number of hydrogen-bond acceptors (Lipinski definition) is 3. The molecule has 0 atom stereocenters. The standard InChI is InChI=1S/C24H30N4O/c1-18-6-5-9-23(19(18)2)27-12-14-28(15-13-27)24(29)17-25-11-10-20-16-26-22-8-4-3-7-21(20)22/h3-9,16,25-26H,10-15,17H2,1-2H3. The minimum Gasteiger partial charge on any atom is -0.368 e. The molecule has 1 aromatic heterocycles. The highest BCUT2D eigenvalue weighted by Gasteiger charge is 2.22. The molecule has 0 saturated carbocycles. The maximum atomic E-state index is 12.6. The summed E-state index contributed by atoms with van der Waals surface area (Å²) in [5.41, 5.74) is 6.42. The van der Waals surface area contributed by atoms with Crippen molar-refractivity contribution in [2.24, 2.45) is 0 Å². The number of fused-ring (bicyclic) bond motifs is 1. The first kappa shape index (κ1) is 19.5. The zero-order valence-electron chi connectivity index (χ0n) is 17.4. The van der Waals surface area contributed by atoms with Crippen LogP contribution in [0.3, 0.4) is 0 Å². The molecule has 152 valence electrons. The lowest BCUT2D eigenvalue weighted by atomic mass is 10.1. The summed E-state index contributed by atoms with van der Waals surface area (Å²) in [5.74, 6) is 0.199. The minimum atomic E-state index is 0.199. The van der Waals surface area contributed by atoms with Gasteiger partial charge in [-0.15, -0.1) is 0 Å². The first-order valence-corrected chi connectivity index (χ1v) is 10.5. The number of nitrogens with one attached hydrogen (secondary N) is 2. The number of amides is 1. The van der Waals surface area contributed by atoms with Crippen LogP contribution in [0.25, 0.3) is 10.9 Å². The lowest BCUT2D eigenvalue weighted by molar-refractivity contribution is -0.130. The van der Waals surface area contributed by atoms with Gasteiger partial charge in [-0.05, 0) is 55.6 Å². The lowest BCUT2D eigenvalue weighted by Crippen LogP contribution is -2.51. The molecule has 1 amide bonds. The summed E-state index contributed by atoms with van der Waals surface area (Å²) in [7, 11) is 0. The third-order valence-electron chi connectivity index (χ3n) is 6.07. The molecular formula is C24H30N4O. The van der Waals surface area contributed by atoms with Crippen LogP contribution in [0.15, 0.2) is 48.7 Å². The molecular weight excluding hydrogens is 360 g/mol. The van der Waals surface area contributed by atoms with Gasteiger partial charge in [0.15, 0.2) is 0 Å². The van der Waals surface area contributed by atoms with Crippen molar-refractivity contribution in [3.63, 3.8) is 0 Å². The molecule has 1 aliphatic heterocycles. The van der Waals surface area contributed by atoms with Gasteiger partial charge >= 0.3 is 0 Å². The average molecular weight is 391 g/mol. The number of benzene rings is 2. The number of para-hydroxylation sites is 1. The Morgan fingerprint density at radius 3 is 2.66 bits per heavy atom. The monoisotopic (exact) mass is 390 g/mol. The molecule has 1 fully saturated rings. The predicted octanol–water partition coefficient (Wildman–Crippen LogP) is 3.27. The van der Waals surface area contributed by atoms with Gasteiger partial charge in [0.25, 0.3) is 0 Å². The Morgan fingerprint density at radius 1 is 1.03 bits per heavy atom. The smallest absolute Gasteiger partial charge is 0.236 e. The molecule has 0 unspecified atom stereocenters. The Bertz CT molecular complexity index is 985. The third kappa shape index (κ3) is 4.30. The molecule has 2 N–H and O–H groups in total. The van der Waals surface area contributed by atoms with Crippen molar-refractivity contribution in [1.29, 1.82) is 0 Å². The van der Waals surface area contributed by atoms with E-state index in [-0.39, 0.29) is 5.91 Å². The summed E-state index contributed by atoms with van der Waals surface area (Å²) < 4.78 is 0. The highest BCUT2D eigenvalue weighted by Crippen LogP contribution is 2.24. The maximum absolute atomic E-state index is 12.6. The minimum absolute atomic E-state index is 0.199. The van der Waals surface area contributed by atoms with Crippen LogP contribution in [0.2, 0.25) is 0 Å². The number of nitrogens with zero attached hydrogens (tertiary/aromatic N) is 2. The van der Waals surface area contributed by atoms with Crippen LogP contribution in [0, 0.1) is 13.8 Å². The van der Waals surface area contributed by atoms with Gasteiger partial charge in [-0.2, -0.15) is 0 Å². The zero-order chi connectivity index (χ0) is 20.2. The highest BCUT2D eigenvalue weighted by atomic mass is 16.2. The Hall–Kier alpha value is -2.79. The van der Waals surface area contributed by atoms with Crippen LogP contribution in [0.4, 0.5) is 5.69 Å². The number of carbonyl (C=O) groups excluding carboxylic acids is 1. The number of anilines is 1. The molecule has 3 aromatic rings. The molecule has 29 heavy (non-hydrogen) atoms. The lowest BCUT2D eigenvalue weighted by Gasteiger charge is -2.37. The van der Waals surface area contributed by atoms with Crippen molar-refractivity contribution in [1.82, 2.24) is 15.2 Å². The van der Waals surface area contributed by atoms with Crippen molar-refractivity contribution in [2.75, 3.05) is 44.2 Å². The molecule has 0 bridgehead atoms. The van der Waals surface area contributed by atoms with Crippen molar-refractivity contribution in [3.05, 3.63) is 65.4 Å². The van der Waals surface area contributed by atoms with E-state index in [9.17, 15) is 4.79 Å². The first-order chi connectivity index (χ1) is 14.1. The van der Waals surface area contributed by atoms with Crippen LogP contribution in [0.5, 0.6) is 0 Å². The largest absolute Gasteiger partial charge is 0.368 e. The fourth-order valence-electron chi connectivity index (χ4n) is 4.14. The molecule has 2 heterocycles. The van der Waals surface area contributed by atoms with Crippen molar-refractivity contribution < 1.29 is 4.79 Å². The Balaban J connectivity index is 1.22. The Morgan fingerprint density at radius 2 is 1.83 bits per heavy atom. The Kier molecular flexibility index (Phi) is 5.86. The molecule has 0 aliphatic carbocycles. The first-order valence-electron chi connectivity index (χ1n) is 10.5. The van der Waals surface area contributed by atoms with Gasteiger partial charge in [0.2, 0.25) is 5.91 Å². The summed E-state index contributed by atoms with van der Waals surface area (Å²) >= 11 is 0. The van der Waals surface area contributed by atoms with E-state index in [4.69, 9.17) is 0 Å². The third-order valence-corrected chi connectivity index (χ3v) is 6.07. The van der Waals surface area contributed by atoms with E-state index in [0.717, 1.165) is 39.1 Å². The normalized spacial score (nSPS) is 14.6. The molecule has 4 rings (SSSR count). The predicted molar refractivity (Wildman–Crippen MR) is 120 cm³/mol. The second-order valence-electron chi connectivity index (χ2n) is 7.87. The molecule has 1 aliphatic rings. The number of H-pyrrole nitrogens is 1.